The lowest BCUT2D eigenvalue weighted by Gasteiger charge is -2.12. The summed E-state index contributed by atoms with van der Waals surface area (Å²) in [6, 6.07) is 7.70. The molecule has 0 spiro atoms. The number of imidazole rings is 1. The molecular formula is C21H23N5O3. The number of nitrogens with one attached hydrogen (secondary N) is 2. The van der Waals surface area contributed by atoms with Crippen molar-refractivity contribution in [1.29, 1.82) is 0 Å². The lowest BCUT2D eigenvalue weighted by atomic mass is 10.1. The Hall–Kier alpha value is -3.26. The molecule has 3 aromatic rings. The van der Waals surface area contributed by atoms with Crippen molar-refractivity contribution in [2.24, 2.45) is 0 Å². The first-order valence-corrected chi connectivity index (χ1v) is 9.77. The summed E-state index contributed by atoms with van der Waals surface area (Å²) in [5, 5.41) is 0. The van der Waals surface area contributed by atoms with Crippen molar-refractivity contribution in [1.82, 2.24) is 24.8 Å². The van der Waals surface area contributed by atoms with Crippen LogP contribution in [0.5, 0.6) is 0 Å². The first-order valence-electron chi connectivity index (χ1n) is 9.77. The quantitative estimate of drug-likeness (QED) is 0.696. The Balaban J connectivity index is 0.000000145. The second kappa shape index (κ2) is 8.83. The molecular weight excluding hydrogens is 370 g/mol. The van der Waals surface area contributed by atoms with E-state index in [1.807, 2.05) is 35.2 Å². The van der Waals surface area contributed by atoms with Gasteiger partial charge in [0, 0.05) is 25.5 Å². The average Bonchev–Trinajstić information content (AvgIpc) is 3.45. The Morgan fingerprint density at radius 1 is 1.17 bits per heavy atom. The lowest BCUT2D eigenvalue weighted by molar-refractivity contribution is 0.0782. The number of benzene rings is 1. The maximum atomic E-state index is 12.0. The van der Waals surface area contributed by atoms with Gasteiger partial charge < -0.3 is 19.6 Å². The Kier molecular flexibility index (Phi) is 5.81. The van der Waals surface area contributed by atoms with Crippen LogP contribution in [0.4, 0.5) is 0 Å². The van der Waals surface area contributed by atoms with Gasteiger partial charge in [-0.05, 0) is 37.0 Å². The summed E-state index contributed by atoms with van der Waals surface area (Å²) in [4.78, 5) is 39.2. The summed E-state index contributed by atoms with van der Waals surface area (Å²) in [6.07, 6.45) is 8.00. The van der Waals surface area contributed by atoms with Crippen molar-refractivity contribution in [3.8, 4) is 0 Å². The molecule has 5 rings (SSSR count). The number of likely N-dealkylation sites (tertiary alicyclic amines) is 1. The highest BCUT2D eigenvalue weighted by atomic mass is 16.5. The molecule has 2 N–H and O–H groups in total. The van der Waals surface area contributed by atoms with E-state index in [2.05, 4.69) is 19.9 Å². The molecule has 0 atom stereocenters. The maximum absolute atomic E-state index is 12.0. The standard InChI is InChI=1S/C12H13N3O.C9H10N2O2/c16-12(15-7-3-4-8-15)11-13-9-5-1-2-6-10(9)14-11;12-9-8(10-3-4-11-9)7-1-5-13-6-2-7/h1-2,5-6H,3-4,7-8H2,(H,13,14);1,3-4H,2,5-6H2,(H,11,12). The van der Waals surface area contributed by atoms with Crippen molar-refractivity contribution >= 4 is 22.5 Å². The molecule has 29 heavy (non-hydrogen) atoms. The number of aromatic nitrogens is 4. The molecule has 1 aromatic carbocycles. The summed E-state index contributed by atoms with van der Waals surface area (Å²) >= 11 is 0. The van der Waals surface area contributed by atoms with Gasteiger partial charge in [0.15, 0.2) is 5.82 Å². The number of hydrogen-bond donors (Lipinski definition) is 2. The Labute approximate surface area is 167 Å². The van der Waals surface area contributed by atoms with Crippen LogP contribution in [0.25, 0.3) is 16.6 Å². The Morgan fingerprint density at radius 2 is 2.00 bits per heavy atom. The van der Waals surface area contributed by atoms with Gasteiger partial charge in [-0.25, -0.2) is 9.97 Å². The van der Waals surface area contributed by atoms with Crippen molar-refractivity contribution in [2.45, 2.75) is 19.3 Å². The third-order valence-electron chi connectivity index (χ3n) is 4.96. The fourth-order valence-electron chi connectivity index (χ4n) is 3.45. The smallest absolute Gasteiger partial charge is 0.289 e. The third kappa shape index (κ3) is 4.43. The van der Waals surface area contributed by atoms with E-state index < -0.39 is 0 Å². The average molecular weight is 393 g/mol. The van der Waals surface area contributed by atoms with Gasteiger partial charge in [-0.15, -0.1) is 0 Å². The molecule has 2 aliphatic heterocycles. The van der Waals surface area contributed by atoms with Gasteiger partial charge in [0.05, 0.1) is 24.2 Å². The zero-order chi connectivity index (χ0) is 20.1. The zero-order valence-corrected chi connectivity index (χ0v) is 16.1. The maximum Gasteiger partial charge on any atom is 0.289 e. The van der Waals surface area contributed by atoms with Crippen molar-refractivity contribution in [3.05, 3.63) is 64.6 Å². The first-order chi connectivity index (χ1) is 14.2. The molecule has 0 saturated carbocycles. The number of H-pyrrole nitrogens is 2. The molecule has 1 saturated heterocycles. The molecule has 4 heterocycles. The minimum absolute atomic E-state index is 0.0219. The van der Waals surface area contributed by atoms with E-state index in [4.69, 9.17) is 4.74 Å². The SMILES string of the molecule is O=C(c1nc2ccccc2[nH]1)N1CCCC1.O=c1[nH]ccnc1C1=CCOCC1. The van der Waals surface area contributed by atoms with Crippen LogP contribution < -0.4 is 5.56 Å². The minimum atomic E-state index is -0.129. The number of nitrogens with zero attached hydrogens (tertiary/aromatic N) is 3. The number of fused-ring (bicyclic) bond motifs is 1. The number of carbonyl (C=O) groups is 1. The number of aromatic amines is 2. The molecule has 150 valence electrons. The summed E-state index contributed by atoms with van der Waals surface area (Å²) in [6.45, 7) is 2.96. The molecule has 2 aromatic heterocycles. The van der Waals surface area contributed by atoms with E-state index in [0.717, 1.165) is 49.0 Å². The van der Waals surface area contributed by atoms with E-state index in [9.17, 15) is 9.59 Å². The largest absolute Gasteiger partial charge is 0.377 e. The normalized spacial score (nSPS) is 16.3. The summed E-state index contributed by atoms with van der Waals surface area (Å²) in [5.74, 6) is 0.483. The van der Waals surface area contributed by atoms with E-state index in [1.165, 1.54) is 6.20 Å². The second-order valence-corrected chi connectivity index (χ2v) is 6.92. The Morgan fingerprint density at radius 3 is 2.72 bits per heavy atom. The molecule has 2 aliphatic rings. The van der Waals surface area contributed by atoms with Crippen LogP contribution in [0, 0.1) is 0 Å². The van der Waals surface area contributed by atoms with Gasteiger partial charge >= 0.3 is 0 Å². The highest BCUT2D eigenvalue weighted by Crippen LogP contribution is 2.16. The van der Waals surface area contributed by atoms with Crippen LogP contribution in [-0.2, 0) is 4.74 Å². The van der Waals surface area contributed by atoms with Gasteiger partial charge in [0.25, 0.3) is 11.5 Å². The third-order valence-corrected chi connectivity index (χ3v) is 4.96. The summed E-state index contributed by atoms with van der Waals surface area (Å²) in [7, 11) is 0. The van der Waals surface area contributed by atoms with Gasteiger partial charge in [-0.1, -0.05) is 18.2 Å². The number of rotatable bonds is 2. The number of para-hydroxylation sites is 2. The van der Waals surface area contributed by atoms with Gasteiger partial charge in [0.1, 0.15) is 5.69 Å². The second-order valence-electron chi connectivity index (χ2n) is 6.92. The van der Waals surface area contributed by atoms with Gasteiger partial charge in [-0.3, -0.25) is 9.59 Å². The number of amides is 1. The zero-order valence-electron chi connectivity index (χ0n) is 16.1. The number of carbonyl (C=O) groups excluding carboxylic acids is 1. The predicted molar refractivity (Wildman–Crippen MR) is 110 cm³/mol. The van der Waals surface area contributed by atoms with Crippen LogP contribution in [0.2, 0.25) is 0 Å². The molecule has 1 fully saturated rings. The van der Waals surface area contributed by atoms with Crippen molar-refractivity contribution in [2.75, 3.05) is 26.3 Å². The molecule has 8 heteroatoms. The van der Waals surface area contributed by atoms with E-state index in [-0.39, 0.29) is 11.5 Å². The number of ether oxygens (including phenoxy) is 1. The van der Waals surface area contributed by atoms with Crippen LogP contribution >= 0.6 is 0 Å². The Bertz CT molecular complexity index is 1050. The number of hydrogen-bond acceptors (Lipinski definition) is 5. The highest BCUT2D eigenvalue weighted by Gasteiger charge is 2.21. The first kappa shape index (κ1) is 19.1. The van der Waals surface area contributed by atoms with Crippen LogP contribution in [0.3, 0.4) is 0 Å². The summed E-state index contributed by atoms with van der Waals surface area (Å²) in [5.41, 5.74) is 3.14. The van der Waals surface area contributed by atoms with Crippen LogP contribution in [0.1, 0.15) is 35.6 Å². The fourth-order valence-corrected chi connectivity index (χ4v) is 3.45. The molecule has 8 nitrogen and oxygen atoms in total. The van der Waals surface area contributed by atoms with E-state index >= 15 is 0 Å². The topological polar surface area (TPSA) is 104 Å². The lowest BCUT2D eigenvalue weighted by Crippen LogP contribution is -2.28. The molecule has 0 radical (unpaired) electrons. The van der Waals surface area contributed by atoms with Crippen molar-refractivity contribution in [3.63, 3.8) is 0 Å². The minimum Gasteiger partial charge on any atom is -0.377 e. The van der Waals surface area contributed by atoms with Gasteiger partial charge in [-0.2, -0.15) is 0 Å². The van der Waals surface area contributed by atoms with E-state index in [0.29, 0.717) is 24.7 Å². The highest BCUT2D eigenvalue weighted by molar-refractivity contribution is 5.94. The van der Waals surface area contributed by atoms with Crippen LogP contribution in [-0.4, -0.2) is 57.0 Å². The molecule has 1 amide bonds. The molecule has 0 aliphatic carbocycles. The van der Waals surface area contributed by atoms with Gasteiger partial charge in [0.2, 0.25) is 0 Å². The molecule has 0 unspecified atom stereocenters. The summed E-state index contributed by atoms with van der Waals surface area (Å²) < 4.78 is 5.14. The van der Waals surface area contributed by atoms with E-state index in [1.54, 1.807) is 6.20 Å². The van der Waals surface area contributed by atoms with Crippen molar-refractivity contribution < 1.29 is 9.53 Å². The monoisotopic (exact) mass is 393 g/mol. The molecule has 0 bridgehead atoms. The fraction of sp³-hybridized carbons (Fsp3) is 0.333. The van der Waals surface area contributed by atoms with Crippen LogP contribution in [0.15, 0.2) is 47.5 Å². The predicted octanol–water partition coefficient (Wildman–Crippen LogP) is 2.37.